The first-order chi connectivity index (χ1) is 20.0. The molecule has 0 radical (unpaired) electrons. The quantitative estimate of drug-likeness (QED) is 0.408. The molecule has 1 amide bonds. The number of nitrogens with zero attached hydrogens (tertiary/aromatic N) is 3. The lowest BCUT2D eigenvalue weighted by Crippen LogP contribution is -2.47. The van der Waals surface area contributed by atoms with E-state index in [4.69, 9.17) is 18.9 Å². The lowest BCUT2D eigenvalue weighted by Gasteiger charge is -2.41. The van der Waals surface area contributed by atoms with Crippen LogP contribution in [0, 0.1) is 0 Å². The van der Waals surface area contributed by atoms with Gasteiger partial charge in [0.15, 0.2) is 11.5 Å². The van der Waals surface area contributed by atoms with Crippen LogP contribution in [0.3, 0.4) is 0 Å². The third-order valence-electron chi connectivity index (χ3n) is 9.65. The maximum Gasteiger partial charge on any atom is 0.257 e. The Kier molecular flexibility index (Phi) is 9.60. The predicted octanol–water partition coefficient (Wildman–Crippen LogP) is 4.85. The number of rotatable bonds is 10. The van der Waals surface area contributed by atoms with Gasteiger partial charge in [-0.25, -0.2) is 0 Å². The van der Waals surface area contributed by atoms with Crippen LogP contribution in [0.25, 0.3) is 0 Å². The van der Waals surface area contributed by atoms with E-state index in [1.807, 2.05) is 23.1 Å². The monoisotopic (exact) mass is 565 g/mol. The van der Waals surface area contributed by atoms with Gasteiger partial charge < -0.3 is 33.6 Å². The number of piperidine rings is 2. The molecular formula is C33H47N3O5. The van der Waals surface area contributed by atoms with Gasteiger partial charge >= 0.3 is 0 Å². The molecule has 2 aromatic rings. The van der Waals surface area contributed by atoms with Crippen molar-refractivity contribution in [1.82, 2.24) is 14.7 Å². The fraction of sp³-hybridized carbons (Fsp3) is 0.606. The number of amides is 1. The Morgan fingerprint density at radius 2 is 1.54 bits per heavy atom. The van der Waals surface area contributed by atoms with Crippen molar-refractivity contribution in [3.63, 3.8) is 0 Å². The lowest BCUT2D eigenvalue weighted by molar-refractivity contribution is 0.0768. The molecular weight excluding hydrogens is 518 g/mol. The van der Waals surface area contributed by atoms with Crippen molar-refractivity contribution in [2.75, 3.05) is 74.3 Å². The minimum Gasteiger partial charge on any atom is -0.497 e. The van der Waals surface area contributed by atoms with E-state index in [1.165, 1.54) is 50.8 Å². The van der Waals surface area contributed by atoms with Gasteiger partial charge in [-0.1, -0.05) is 12.5 Å². The predicted molar refractivity (Wildman–Crippen MR) is 161 cm³/mol. The molecule has 1 unspecified atom stereocenters. The van der Waals surface area contributed by atoms with Crippen LogP contribution in [0.2, 0.25) is 0 Å². The number of likely N-dealkylation sites (tertiary alicyclic amines) is 3. The van der Waals surface area contributed by atoms with E-state index in [0.717, 1.165) is 50.0 Å². The van der Waals surface area contributed by atoms with Crippen LogP contribution >= 0.6 is 0 Å². The van der Waals surface area contributed by atoms with E-state index in [-0.39, 0.29) is 11.3 Å². The lowest BCUT2D eigenvalue weighted by atomic mass is 9.76. The minimum atomic E-state index is -0.168. The zero-order valence-electron chi connectivity index (χ0n) is 25.3. The van der Waals surface area contributed by atoms with Crippen LogP contribution in [0.4, 0.5) is 0 Å². The Morgan fingerprint density at radius 1 is 0.805 bits per heavy atom. The molecule has 2 aromatic carbocycles. The van der Waals surface area contributed by atoms with Gasteiger partial charge in [-0.05, 0) is 101 Å². The molecule has 8 heteroatoms. The summed E-state index contributed by atoms with van der Waals surface area (Å²) < 4.78 is 22.1. The summed E-state index contributed by atoms with van der Waals surface area (Å²) in [6, 6.07) is 12.4. The highest BCUT2D eigenvalue weighted by Crippen LogP contribution is 2.42. The third-order valence-corrected chi connectivity index (χ3v) is 9.65. The molecule has 0 aromatic heterocycles. The molecule has 1 atom stereocenters. The van der Waals surface area contributed by atoms with Gasteiger partial charge in [0.25, 0.3) is 5.91 Å². The Labute approximate surface area is 245 Å². The number of carbonyl (C=O) groups excluding carboxylic acids is 1. The van der Waals surface area contributed by atoms with Crippen LogP contribution in [0.15, 0.2) is 36.4 Å². The van der Waals surface area contributed by atoms with Crippen molar-refractivity contribution in [2.45, 2.75) is 56.4 Å². The first-order valence-corrected chi connectivity index (χ1v) is 15.2. The second-order valence-corrected chi connectivity index (χ2v) is 11.8. The average molecular weight is 566 g/mol. The van der Waals surface area contributed by atoms with Gasteiger partial charge in [0, 0.05) is 30.6 Å². The van der Waals surface area contributed by atoms with E-state index >= 15 is 0 Å². The van der Waals surface area contributed by atoms with Crippen molar-refractivity contribution in [3.8, 4) is 23.0 Å². The zero-order valence-corrected chi connectivity index (χ0v) is 25.3. The fourth-order valence-corrected chi connectivity index (χ4v) is 7.11. The van der Waals surface area contributed by atoms with Crippen LogP contribution in [0.1, 0.15) is 60.9 Å². The van der Waals surface area contributed by atoms with Crippen molar-refractivity contribution in [2.24, 2.45) is 0 Å². The van der Waals surface area contributed by atoms with Crippen molar-refractivity contribution < 1.29 is 23.7 Å². The van der Waals surface area contributed by atoms with Gasteiger partial charge in [0.1, 0.15) is 11.5 Å². The highest BCUT2D eigenvalue weighted by Gasteiger charge is 2.42. The molecule has 41 heavy (non-hydrogen) atoms. The van der Waals surface area contributed by atoms with Crippen LogP contribution in [-0.4, -0.2) is 101 Å². The smallest absolute Gasteiger partial charge is 0.257 e. The summed E-state index contributed by atoms with van der Waals surface area (Å²) in [5.41, 5.74) is 1.60. The van der Waals surface area contributed by atoms with Gasteiger partial charge in [-0.3, -0.25) is 4.79 Å². The summed E-state index contributed by atoms with van der Waals surface area (Å²) in [7, 11) is 6.56. The number of benzene rings is 2. The standard InChI is InChI=1S/C33H47N3O5/c1-38-27-9-10-28(30(23-27)40-3)32(37)36-21-15-33(24-36,25-8-11-29(39-2)31(22-25)41-4)14-20-34-18-12-26(13-19-34)35-16-6-5-7-17-35/h8-11,22-23,26H,5-7,12-21,24H2,1-4H3. The van der Waals surface area contributed by atoms with E-state index in [2.05, 4.69) is 21.9 Å². The second kappa shape index (κ2) is 13.3. The molecule has 0 N–H and O–H groups in total. The molecule has 5 rings (SSSR count). The topological polar surface area (TPSA) is 63.7 Å². The second-order valence-electron chi connectivity index (χ2n) is 11.8. The van der Waals surface area contributed by atoms with Crippen LogP contribution in [0.5, 0.6) is 23.0 Å². The van der Waals surface area contributed by atoms with Gasteiger partial charge in [-0.15, -0.1) is 0 Å². The SMILES string of the molecule is COc1ccc(C(=O)N2CCC(CCN3CCC(N4CCCCC4)CC3)(c3ccc(OC)c(OC)c3)C2)c(OC)c1. The molecule has 3 aliphatic rings. The summed E-state index contributed by atoms with van der Waals surface area (Å²) >= 11 is 0. The Bertz CT molecular complexity index is 1180. The van der Waals surface area contributed by atoms with Crippen molar-refractivity contribution in [3.05, 3.63) is 47.5 Å². The highest BCUT2D eigenvalue weighted by molar-refractivity contribution is 5.97. The average Bonchev–Trinajstić information content (AvgIpc) is 3.49. The van der Waals surface area contributed by atoms with Gasteiger partial charge in [-0.2, -0.15) is 0 Å². The van der Waals surface area contributed by atoms with E-state index in [9.17, 15) is 4.79 Å². The van der Waals surface area contributed by atoms with Gasteiger partial charge in [0.2, 0.25) is 0 Å². The molecule has 3 fully saturated rings. The largest absolute Gasteiger partial charge is 0.497 e. The molecule has 0 saturated carbocycles. The van der Waals surface area contributed by atoms with E-state index in [1.54, 1.807) is 34.5 Å². The molecule has 8 nitrogen and oxygen atoms in total. The van der Waals surface area contributed by atoms with Crippen LogP contribution in [-0.2, 0) is 5.41 Å². The fourth-order valence-electron chi connectivity index (χ4n) is 7.11. The summed E-state index contributed by atoms with van der Waals surface area (Å²) in [6.07, 6.45) is 8.49. The molecule has 0 aliphatic carbocycles. The minimum absolute atomic E-state index is 0.00537. The molecule has 3 heterocycles. The summed E-state index contributed by atoms with van der Waals surface area (Å²) in [5, 5.41) is 0. The number of hydrogen-bond donors (Lipinski definition) is 0. The normalized spacial score (nSPS) is 22.5. The third kappa shape index (κ3) is 6.44. The Morgan fingerprint density at radius 3 is 2.22 bits per heavy atom. The number of ether oxygens (including phenoxy) is 4. The molecule has 0 spiro atoms. The summed E-state index contributed by atoms with van der Waals surface area (Å²) in [5.74, 6) is 2.65. The first kappa shape index (κ1) is 29.5. The van der Waals surface area contributed by atoms with Gasteiger partial charge in [0.05, 0.1) is 34.0 Å². The maximum absolute atomic E-state index is 13.8. The maximum atomic E-state index is 13.8. The van der Waals surface area contributed by atoms with E-state index in [0.29, 0.717) is 30.2 Å². The highest BCUT2D eigenvalue weighted by atomic mass is 16.5. The first-order valence-electron chi connectivity index (χ1n) is 15.2. The molecule has 3 saturated heterocycles. The van der Waals surface area contributed by atoms with Crippen LogP contribution < -0.4 is 18.9 Å². The van der Waals surface area contributed by atoms with E-state index < -0.39 is 0 Å². The molecule has 0 bridgehead atoms. The number of carbonyl (C=O) groups is 1. The zero-order chi connectivity index (χ0) is 28.8. The summed E-state index contributed by atoms with van der Waals surface area (Å²) in [4.78, 5) is 21.2. The van der Waals surface area contributed by atoms with Crippen molar-refractivity contribution >= 4 is 5.91 Å². The number of hydrogen-bond acceptors (Lipinski definition) is 7. The number of methoxy groups -OCH3 is 4. The molecule has 3 aliphatic heterocycles. The Balaban J connectivity index is 1.33. The molecule has 224 valence electrons. The Hall–Kier alpha value is -2.97. The summed E-state index contributed by atoms with van der Waals surface area (Å²) in [6.45, 7) is 7.21. The van der Waals surface area contributed by atoms with Crippen molar-refractivity contribution in [1.29, 1.82) is 0 Å².